The average Bonchev–Trinajstić information content (AvgIpc) is 2.58. The molecule has 1 fully saturated rings. The van der Waals surface area contributed by atoms with E-state index in [1.54, 1.807) is 12.7 Å². The Bertz CT molecular complexity index is 228. The minimum Gasteiger partial charge on any atom is -0.317 e. The fraction of sp³-hybridized carbons (Fsp3) is 0.714. The Hall–Kier alpha value is -0.940. The fourth-order valence-electron chi connectivity index (χ4n) is 1.55. The first-order chi connectivity index (χ1) is 5.86. The molecule has 0 aromatic carbocycles. The van der Waals surface area contributed by atoms with E-state index in [1.807, 2.05) is 4.57 Å². The molecule has 5 heteroatoms. The molecule has 0 aliphatic carbocycles. The first-order valence-corrected chi connectivity index (χ1v) is 4.14. The molecule has 2 rings (SSSR count). The normalized spacial score (nSPS) is 21.4. The van der Waals surface area contributed by atoms with Gasteiger partial charge < -0.3 is 9.77 Å². The van der Waals surface area contributed by atoms with Crippen molar-refractivity contribution in [2.24, 2.45) is 0 Å². The van der Waals surface area contributed by atoms with E-state index in [1.165, 1.54) is 5.06 Å². The lowest BCUT2D eigenvalue weighted by Gasteiger charge is -2.27. The van der Waals surface area contributed by atoms with Crippen LogP contribution in [-0.4, -0.2) is 38.1 Å². The van der Waals surface area contributed by atoms with E-state index in [2.05, 4.69) is 10.2 Å². The van der Waals surface area contributed by atoms with Crippen LogP contribution in [0.5, 0.6) is 0 Å². The Balaban J connectivity index is 1.99. The average molecular weight is 168 g/mol. The van der Waals surface area contributed by atoms with Crippen LogP contribution in [0.25, 0.3) is 0 Å². The van der Waals surface area contributed by atoms with Crippen molar-refractivity contribution in [2.75, 3.05) is 13.1 Å². The molecule has 0 spiro atoms. The summed E-state index contributed by atoms with van der Waals surface area (Å²) in [7, 11) is 0. The molecule has 1 aliphatic heterocycles. The fourth-order valence-corrected chi connectivity index (χ4v) is 1.55. The maximum atomic E-state index is 9.12. The molecule has 66 valence electrons. The van der Waals surface area contributed by atoms with Crippen LogP contribution in [0, 0.1) is 0 Å². The lowest BCUT2D eigenvalue weighted by molar-refractivity contribution is -0.110. The molecule has 2 heterocycles. The number of nitrogens with zero attached hydrogens (tertiary/aromatic N) is 4. The van der Waals surface area contributed by atoms with Crippen LogP contribution in [0.1, 0.15) is 18.9 Å². The van der Waals surface area contributed by atoms with E-state index in [-0.39, 0.29) is 0 Å². The molecule has 0 bridgehead atoms. The van der Waals surface area contributed by atoms with Crippen LogP contribution in [0.3, 0.4) is 0 Å². The van der Waals surface area contributed by atoms with Crippen molar-refractivity contribution >= 4 is 0 Å². The van der Waals surface area contributed by atoms with Gasteiger partial charge in [-0.15, -0.1) is 10.2 Å². The molecule has 0 atom stereocenters. The van der Waals surface area contributed by atoms with Crippen molar-refractivity contribution in [1.29, 1.82) is 0 Å². The van der Waals surface area contributed by atoms with Crippen LogP contribution in [-0.2, 0) is 0 Å². The van der Waals surface area contributed by atoms with Gasteiger partial charge in [-0.25, -0.2) is 0 Å². The minimum absolute atomic E-state index is 0.461. The van der Waals surface area contributed by atoms with Crippen LogP contribution >= 0.6 is 0 Å². The highest BCUT2D eigenvalue weighted by atomic mass is 16.5. The third-order valence-corrected chi connectivity index (χ3v) is 2.30. The van der Waals surface area contributed by atoms with Gasteiger partial charge in [0.05, 0.1) is 0 Å². The van der Waals surface area contributed by atoms with Crippen molar-refractivity contribution in [1.82, 2.24) is 19.8 Å². The summed E-state index contributed by atoms with van der Waals surface area (Å²) >= 11 is 0. The number of aromatic nitrogens is 3. The van der Waals surface area contributed by atoms with Gasteiger partial charge in [-0.05, 0) is 12.8 Å². The molecule has 5 nitrogen and oxygen atoms in total. The molecule has 1 aromatic rings. The van der Waals surface area contributed by atoms with Gasteiger partial charge in [-0.3, -0.25) is 0 Å². The maximum absolute atomic E-state index is 9.12. The summed E-state index contributed by atoms with van der Waals surface area (Å²) in [5.74, 6) is 0. The highest BCUT2D eigenvalue weighted by molar-refractivity contribution is 4.76. The number of hydrogen-bond acceptors (Lipinski definition) is 4. The molecule has 12 heavy (non-hydrogen) atoms. The molecular formula is C7H12N4O. The Labute approximate surface area is 70.6 Å². The third-order valence-electron chi connectivity index (χ3n) is 2.30. The maximum Gasteiger partial charge on any atom is 0.119 e. The van der Waals surface area contributed by atoms with E-state index in [4.69, 9.17) is 5.21 Å². The predicted octanol–water partition coefficient (Wildman–Crippen LogP) is 0.304. The summed E-state index contributed by atoms with van der Waals surface area (Å²) < 4.78 is 2.01. The smallest absolute Gasteiger partial charge is 0.119 e. The summed E-state index contributed by atoms with van der Waals surface area (Å²) in [6.07, 6.45) is 5.40. The summed E-state index contributed by atoms with van der Waals surface area (Å²) in [5.41, 5.74) is 0. The molecule has 1 N–H and O–H groups in total. The summed E-state index contributed by atoms with van der Waals surface area (Å²) in [5, 5.41) is 18.0. The van der Waals surface area contributed by atoms with Crippen LogP contribution < -0.4 is 0 Å². The summed E-state index contributed by atoms with van der Waals surface area (Å²) in [6, 6.07) is 0.461. The highest BCUT2D eigenvalue weighted by Gasteiger charge is 2.18. The first kappa shape index (κ1) is 7.70. The number of hydroxylamine groups is 2. The monoisotopic (exact) mass is 168 g/mol. The molecule has 0 unspecified atom stereocenters. The predicted molar refractivity (Wildman–Crippen MR) is 41.7 cm³/mol. The van der Waals surface area contributed by atoms with Gasteiger partial charge in [0.25, 0.3) is 0 Å². The van der Waals surface area contributed by atoms with Crippen molar-refractivity contribution in [3.63, 3.8) is 0 Å². The Kier molecular flexibility index (Phi) is 2.05. The van der Waals surface area contributed by atoms with Gasteiger partial charge in [0, 0.05) is 19.1 Å². The summed E-state index contributed by atoms with van der Waals surface area (Å²) in [6.45, 7) is 1.48. The van der Waals surface area contributed by atoms with Gasteiger partial charge in [-0.1, -0.05) is 0 Å². The SMILES string of the molecule is ON1CCC(n2cnnc2)CC1. The second kappa shape index (κ2) is 3.20. The number of rotatable bonds is 1. The van der Waals surface area contributed by atoms with Crippen molar-refractivity contribution in [2.45, 2.75) is 18.9 Å². The first-order valence-electron chi connectivity index (χ1n) is 4.14. The molecule has 0 amide bonds. The molecule has 1 aliphatic rings. The van der Waals surface area contributed by atoms with Gasteiger partial charge in [-0.2, -0.15) is 5.06 Å². The quantitative estimate of drug-likeness (QED) is 0.655. The third kappa shape index (κ3) is 1.46. The zero-order chi connectivity index (χ0) is 8.39. The molecular weight excluding hydrogens is 156 g/mol. The molecule has 0 radical (unpaired) electrons. The zero-order valence-corrected chi connectivity index (χ0v) is 6.80. The van der Waals surface area contributed by atoms with E-state index >= 15 is 0 Å². The van der Waals surface area contributed by atoms with E-state index in [9.17, 15) is 0 Å². The molecule has 1 aromatic heterocycles. The van der Waals surface area contributed by atoms with Crippen LogP contribution in [0.2, 0.25) is 0 Å². The van der Waals surface area contributed by atoms with E-state index in [0.717, 1.165) is 25.9 Å². The zero-order valence-electron chi connectivity index (χ0n) is 6.80. The Morgan fingerprint density at radius 3 is 2.33 bits per heavy atom. The second-order valence-corrected chi connectivity index (χ2v) is 3.09. The van der Waals surface area contributed by atoms with E-state index < -0.39 is 0 Å². The molecule has 0 saturated carbocycles. The van der Waals surface area contributed by atoms with Crippen LogP contribution in [0.15, 0.2) is 12.7 Å². The van der Waals surface area contributed by atoms with Gasteiger partial charge in [0.15, 0.2) is 0 Å². The van der Waals surface area contributed by atoms with Crippen molar-refractivity contribution in [3.8, 4) is 0 Å². The standard InChI is InChI=1S/C7H12N4O/c12-11-3-1-7(2-4-11)10-5-8-9-6-10/h5-7,12H,1-4H2. The van der Waals surface area contributed by atoms with Gasteiger partial charge >= 0.3 is 0 Å². The minimum atomic E-state index is 0.461. The number of piperidine rings is 1. The topological polar surface area (TPSA) is 54.2 Å². The van der Waals surface area contributed by atoms with E-state index in [0.29, 0.717) is 6.04 Å². The lowest BCUT2D eigenvalue weighted by Crippen LogP contribution is -2.31. The van der Waals surface area contributed by atoms with Crippen molar-refractivity contribution < 1.29 is 5.21 Å². The Morgan fingerprint density at radius 2 is 1.75 bits per heavy atom. The largest absolute Gasteiger partial charge is 0.317 e. The molecule has 1 saturated heterocycles. The number of hydrogen-bond donors (Lipinski definition) is 1. The van der Waals surface area contributed by atoms with Crippen LogP contribution in [0.4, 0.5) is 0 Å². The lowest BCUT2D eigenvalue weighted by atomic mass is 10.1. The Morgan fingerprint density at radius 1 is 1.17 bits per heavy atom. The van der Waals surface area contributed by atoms with Gasteiger partial charge in [0.1, 0.15) is 12.7 Å². The second-order valence-electron chi connectivity index (χ2n) is 3.09. The highest BCUT2D eigenvalue weighted by Crippen LogP contribution is 2.19. The van der Waals surface area contributed by atoms with Crippen molar-refractivity contribution in [3.05, 3.63) is 12.7 Å². The summed E-state index contributed by atoms with van der Waals surface area (Å²) in [4.78, 5) is 0. The van der Waals surface area contributed by atoms with Gasteiger partial charge in [0.2, 0.25) is 0 Å².